The van der Waals surface area contributed by atoms with E-state index in [0.717, 1.165) is 17.4 Å². The third kappa shape index (κ3) is 2.70. The molecule has 2 aromatic rings. The summed E-state index contributed by atoms with van der Waals surface area (Å²) in [6.07, 6.45) is 1.10. The van der Waals surface area contributed by atoms with Gasteiger partial charge >= 0.3 is 5.97 Å². The Balaban J connectivity index is 2.27. The van der Waals surface area contributed by atoms with Gasteiger partial charge in [-0.1, -0.05) is 49.4 Å². The average molecular weight is 242 g/mol. The molecule has 0 fully saturated rings. The second-order valence-corrected chi connectivity index (χ2v) is 4.45. The summed E-state index contributed by atoms with van der Waals surface area (Å²) in [7, 11) is 0. The van der Waals surface area contributed by atoms with Gasteiger partial charge in [0.15, 0.2) is 0 Å². The van der Waals surface area contributed by atoms with Crippen molar-refractivity contribution in [2.45, 2.75) is 32.8 Å². The van der Waals surface area contributed by atoms with Crippen molar-refractivity contribution in [2.75, 3.05) is 0 Å². The Bertz CT molecular complexity index is 540. The van der Waals surface area contributed by atoms with Crippen LogP contribution in [-0.2, 0) is 9.53 Å². The lowest BCUT2D eigenvalue weighted by Crippen LogP contribution is -2.08. The van der Waals surface area contributed by atoms with Crippen LogP contribution in [0.5, 0.6) is 0 Å². The number of fused-ring (bicyclic) bond motifs is 1. The highest BCUT2D eigenvalue weighted by Crippen LogP contribution is 2.26. The highest BCUT2D eigenvalue weighted by molar-refractivity contribution is 5.86. The van der Waals surface area contributed by atoms with E-state index in [-0.39, 0.29) is 12.1 Å². The Kier molecular flexibility index (Phi) is 3.98. The minimum Gasteiger partial charge on any atom is -0.458 e. The molecule has 0 saturated heterocycles. The number of hydrogen-bond acceptors (Lipinski definition) is 2. The summed E-state index contributed by atoms with van der Waals surface area (Å²) < 4.78 is 5.45. The molecule has 0 heterocycles. The van der Waals surface area contributed by atoms with Crippen molar-refractivity contribution in [3.8, 4) is 0 Å². The van der Waals surface area contributed by atoms with Crippen LogP contribution in [0.25, 0.3) is 10.8 Å². The first-order chi connectivity index (χ1) is 8.72. The van der Waals surface area contributed by atoms with E-state index in [1.165, 1.54) is 5.39 Å². The SMILES string of the molecule is CCCC(=O)O[C@H](C)c1cccc2ccccc12. The summed E-state index contributed by atoms with van der Waals surface area (Å²) in [6.45, 7) is 3.90. The lowest BCUT2D eigenvalue weighted by molar-refractivity contribution is -0.148. The van der Waals surface area contributed by atoms with Gasteiger partial charge in [-0.25, -0.2) is 0 Å². The van der Waals surface area contributed by atoms with Crippen LogP contribution in [0, 0.1) is 0 Å². The molecule has 0 bridgehead atoms. The van der Waals surface area contributed by atoms with E-state index in [4.69, 9.17) is 4.74 Å². The Hall–Kier alpha value is -1.83. The van der Waals surface area contributed by atoms with Gasteiger partial charge in [-0.3, -0.25) is 4.79 Å². The van der Waals surface area contributed by atoms with E-state index in [2.05, 4.69) is 18.2 Å². The molecule has 2 rings (SSSR count). The maximum atomic E-state index is 11.5. The first kappa shape index (κ1) is 12.6. The quantitative estimate of drug-likeness (QED) is 0.749. The minimum absolute atomic E-state index is 0.127. The standard InChI is InChI=1S/C16H18O2/c1-3-7-16(17)18-12(2)14-11-6-9-13-8-4-5-10-15(13)14/h4-6,8-12H,3,7H2,1-2H3/t12-/m1/s1. The minimum atomic E-state index is -0.199. The molecular formula is C16H18O2. The Morgan fingerprint density at radius 3 is 2.67 bits per heavy atom. The molecule has 0 saturated carbocycles. The van der Waals surface area contributed by atoms with E-state index >= 15 is 0 Å². The van der Waals surface area contributed by atoms with Gasteiger partial charge in [0, 0.05) is 6.42 Å². The van der Waals surface area contributed by atoms with E-state index in [0.29, 0.717) is 6.42 Å². The van der Waals surface area contributed by atoms with Gasteiger partial charge in [0.25, 0.3) is 0 Å². The van der Waals surface area contributed by atoms with Crippen molar-refractivity contribution in [1.82, 2.24) is 0 Å². The molecule has 0 aliphatic rings. The maximum absolute atomic E-state index is 11.5. The van der Waals surface area contributed by atoms with Crippen LogP contribution < -0.4 is 0 Å². The summed E-state index contributed by atoms with van der Waals surface area (Å²) in [4.78, 5) is 11.5. The number of rotatable bonds is 4. The van der Waals surface area contributed by atoms with Crippen molar-refractivity contribution in [3.63, 3.8) is 0 Å². The predicted molar refractivity (Wildman–Crippen MR) is 73.4 cm³/mol. The zero-order valence-corrected chi connectivity index (χ0v) is 10.8. The highest BCUT2D eigenvalue weighted by atomic mass is 16.5. The fourth-order valence-electron chi connectivity index (χ4n) is 2.13. The highest BCUT2D eigenvalue weighted by Gasteiger charge is 2.13. The zero-order chi connectivity index (χ0) is 13.0. The lowest BCUT2D eigenvalue weighted by atomic mass is 10.0. The van der Waals surface area contributed by atoms with Crippen molar-refractivity contribution >= 4 is 16.7 Å². The van der Waals surface area contributed by atoms with Gasteiger partial charge in [0.05, 0.1) is 0 Å². The number of hydrogen-bond donors (Lipinski definition) is 0. The second kappa shape index (κ2) is 5.67. The van der Waals surface area contributed by atoms with E-state index in [9.17, 15) is 4.79 Å². The third-order valence-corrected chi connectivity index (χ3v) is 3.02. The third-order valence-electron chi connectivity index (χ3n) is 3.02. The van der Waals surface area contributed by atoms with Gasteiger partial charge in [0.2, 0.25) is 0 Å². The summed E-state index contributed by atoms with van der Waals surface area (Å²) in [5.41, 5.74) is 1.07. The molecule has 94 valence electrons. The van der Waals surface area contributed by atoms with Crippen LogP contribution >= 0.6 is 0 Å². The van der Waals surface area contributed by atoms with Gasteiger partial charge in [-0.05, 0) is 29.7 Å². The van der Waals surface area contributed by atoms with Gasteiger partial charge in [-0.2, -0.15) is 0 Å². The summed E-state index contributed by atoms with van der Waals surface area (Å²) in [5.74, 6) is -0.127. The Morgan fingerprint density at radius 2 is 1.89 bits per heavy atom. The first-order valence-corrected chi connectivity index (χ1v) is 6.39. The van der Waals surface area contributed by atoms with Crippen LogP contribution in [0.1, 0.15) is 38.4 Å². The Morgan fingerprint density at radius 1 is 1.17 bits per heavy atom. The van der Waals surface area contributed by atoms with Crippen LogP contribution in [-0.4, -0.2) is 5.97 Å². The summed E-state index contributed by atoms with van der Waals surface area (Å²) in [5, 5.41) is 2.32. The summed E-state index contributed by atoms with van der Waals surface area (Å²) >= 11 is 0. The molecule has 18 heavy (non-hydrogen) atoms. The molecule has 1 atom stereocenters. The largest absolute Gasteiger partial charge is 0.458 e. The summed E-state index contributed by atoms with van der Waals surface area (Å²) in [6, 6.07) is 14.2. The van der Waals surface area contributed by atoms with E-state index in [1.54, 1.807) is 0 Å². The lowest BCUT2D eigenvalue weighted by Gasteiger charge is -2.15. The molecule has 2 heteroatoms. The molecule has 0 amide bonds. The molecule has 0 unspecified atom stereocenters. The molecule has 0 aliphatic carbocycles. The monoisotopic (exact) mass is 242 g/mol. The van der Waals surface area contributed by atoms with E-state index < -0.39 is 0 Å². The van der Waals surface area contributed by atoms with E-state index in [1.807, 2.05) is 38.1 Å². The predicted octanol–water partition coefficient (Wildman–Crippen LogP) is 4.24. The topological polar surface area (TPSA) is 26.3 Å². The van der Waals surface area contributed by atoms with Gasteiger partial charge in [0.1, 0.15) is 6.10 Å². The number of carbonyl (C=O) groups is 1. The number of carbonyl (C=O) groups excluding carboxylic acids is 1. The molecule has 0 aliphatic heterocycles. The molecule has 0 N–H and O–H groups in total. The van der Waals surface area contributed by atoms with Crippen molar-refractivity contribution in [2.24, 2.45) is 0 Å². The second-order valence-electron chi connectivity index (χ2n) is 4.45. The van der Waals surface area contributed by atoms with Crippen molar-refractivity contribution in [3.05, 3.63) is 48.0 Å². The smallest absolute Gasteiger partial charge is 0.306 e. The Labute approximate surface area is 108 Å². The fourth-order valence-corrected chi connectivity index (χ4v) is 2.13. The van der Waals surface area contributed by atoms with Crippen LogP contribution in [0.3, 0.4) is 0 Å². The molecule has 0 spiro atoms. The zero-order valence-electron chi connectivity index (χ0n) is 10.8. The molecule has 2 aromatic carbocycles. The molecule has 2 nitrogen and oxygen atoms in total. The normalized spacial score (nSPS) is 12.3. The first-order valence-electron chi connectivity index (χ1n) is 6.39. The molecule has 0 aromatic heterocycles. The average Bonchev–Trinajstić information content (AvgIpc) is 2.38. The van der Waals surface area contributed by atoms with Gasteiger partial charge < -0.3 is 4.74 Å². The van der Waals surface area contributed by atoms with Crippen molar-refractivity contribution in [1.29, 1.82) is 0 Å². The van der Waals surface area contributed by atoms with Crippen LogP contribution in [0.2, 0.25) is 0 Å². The van der Waals surface area contributed by atoms with Crippen LogP contribution in [0.4, 0.5) is 0 Å². The number of esters is 1. The molecule has 0 radical (unpaired) electrons. The van der Waals surface area contributed by atoms with Crippen LogP contribution in [0.15, 0.2) is 42.5 Å². The number of benzene rings is 2. The number of ether oxygens (including phenoxy) is 1. The van der Waals surface area contributed by atoms with Crippen molar-refractivity contribution < 1.29 is 9.53 Å². The fraction of sp³-hybridized carbons (Fsp3) is 0.312. The van der Waals surface area contributed by atoms with Gasteiger partial charge in [-0.15, -0.1) is 0 Å². The molecular weight excluding hydrogens is 224 g/mol. The maximum Gasteiger partial charge on any atom is 0.306 e.